The highest BCUT2D eigenvalue weighted by Crippen LogP contribution is 2.44. The minimum absolute atomic E-state index is 0.151. The summed E-state index contributed by atoms with van der Waals surface area (Å²) in [6.45, 7) is 5.98. The van der Waals surface area contributed by atoms with Gasteiger partial charge in [-0.15, -0.1) is 0 Å². The first kappa shape index (κ1) is 35.9. The van der Waals surface area contributed by atoms with Gasteiger partial charge in [0.1, 0.15) is 18.4 Å². The quantitative estimate of drug-likeness (QED) is 0.249. The van der Waals surface area contributed by atoms with E-state index in [4.69, 9.17) is 9.47 Å². The third-order valence-electron chi connectivity index (χ3n) is 12.1. The molecule has 3 aromatic carbocycles. The summed E-state index contributed by atoms with van der Waals surface area (Å²) in [5.41, 5.74) is 7.30. The van der Waals surface area contributed by atoms with Gasteiger partial charge >= 0.3 is 11.8 Å². The number of hydrogen-bond acceptors (Lipinski definition) is 9. The van der Waals surface area contributed by atoms with Crippen LogP contribution in [0.4, 0.5) is 10.5 Å². The van der Waals surface area contributed by atoms with Crippen molar-refractivity contribution < 1.29 is 23.9 Å². The molecule has 13 heteroatoms. The average Bonchev–Trinajstić information content (AvgIpc) is 3.44. The standard InChI is InChI=1S/C41H49N7O6/c1-43-37-33(9-6-10-34(37)48(40(43)52)35-15-16-36(49)47(38(35)50)25-29-11-13-32(53-2)14-12-29)44-23-19-41(20-24-44)27-45(28-41)31-17-21-46(22-18-31)42-39(51)54-26-30-7-4-3-5-8-30/h3-14,31,35H,15-28H2,1-2H3,(H,42,51). The van der Waals surface area contributed by atoms with Crippen LogP contribution in [0, 0.1) is 5.41 Å². The number of hydrogen-bond donors (Lipinski definition) is 1. The highest BCUT2D eigenvalue weighted by Gasteiger charge is 2.47. The second-order valence-electron chi connectivity index (χ2n) is 15.4. The molecule has 0 bridgehead atoms. The number of aromatic nitrogens is 2. The Labute approximate surface area is 315 Å². The third kappa shape index (κ3) is 6.98. The number of aryl methyl sites for hydroxylation is 1. The molecule has 4 aliphatic heterocycles. The summed E-state index contributed by atoms with van der Waals surface area (Å²) in [6.07, 6.45) is 4.23. The Morgan fingerprint density at radius 1 is 0.852 bits per heavy atom. The summed E-state index contributed by atoms with van der Waals surface area (Å²) in [5, 5.41) is 1.97. The number of nitrogens with one attached hydrogen (secondary N) is 1. The van der Waals surface area contributed by atoms with E-state index in [-0.39, 0.29) is 37.1 Å². The van der Waals surface area contributed by atoms with Crippen molar-refractivity contribution in [3.8, 4) is 5.75 Å². The first-order valence-corrected chi connectivity index (χ1v) is 19.1. The van der Waals surface area contributed by atoms with E-state index in [0.29, 0.717) is 23.6 Å². The first-order valence-electron chi connectivity index (χ1n) is 19.1. The van der Waals surface area contributed by atoms with Gasteiger partial charge in [-0.2, -0.15) is 0 Å². The Kier molecular flexibility index (Phi) is 9.93. The van der Waals surface area contributed by atoms with Gasteiger partial charge in [-0.25, -0.2) is 14.6 Å². The lowest BCUT2D eigenvalue weighted by Crippen LogP contribution is -2.64. The van der Waals surface area contributed by atoms with Crippen molar-refractivity contribution in [3.63, 3.8) is 0 Å². The predicted octanol–water partition coefficient (Wildman–Crippen LogP) is 4.45. The molecule has 4 aliphatic rings. The maximum absolute atomic E-state index is 13.9. The number of benzene rings is 3. The molecule has 13 nitrogen and oxygen atoms in total. The number of piperidine rings is 3. The van der Waals surface area contributed by atoms with Gasteiger partial charge in [-0.3, -0.25) is 33.9 Å². The van der Waals surface area contributed by atoms with E-state index in [0.717, 1.165) is 92.8 Å². The Balaban J connectivity index is 0.870. The molecule has 3 amide bonds. The second kappa shape index (κ2) is 14.9. The molecule has 0 aliphatic carbocycles. The predicted molar refractivity (Wildman–Crippen MR) is 204 cm³/mol. The van der Waals surface area contributed by atoms with Crippen molar-refractivity contribution in [3.05, 3.63) is 94.4 Å². The van der Waals surface area contributed by atoms with E-state index in [1.54, 1.807) is 23.3 Å². The molecule has 4 fully saturated rings. The smallest absolute Gasteiger partial charge is 0.422 e. The Morgan fingerprint density at radius 3 is 2.28 bits per heavy atom. The SMILES string of the molecule is COc1ccc(CN2C(=O)CCC(n3c(=O)n(C)c4c(N5CCC6(CC5)CN(C5CCN(NC(=O)OCc7ccccc7)CC5)C6)cccc43)C2=O)cc1. The van der Waals surface area contributed by atoms with E-state index in [9.17, 15) is 19.2 Å². The van der Waals surface area contributed by atoms with Crippen LogP contribution in [-0.2, 0) is 34.5 Å². The summed E-state index contributed by atoms with van der Waals surface area (Å²) < 4.78 is 13.9. The fourth-order valence-electron chi connectivity index (χ4n) is 8.95. The van der Waals surface area contributed by atoms with Crippen LogP contribution in [0.1, 0.15) is 55.7 Å². The maximum Gasteiger partial charge on any atom is 0.422 e. The molecule has 54 heavy (non-hydrogen) atoms. The number of carbonyl (C=O) groups excluding carboxylic acids is 3. The summed E-state index contributed by atoms with van der Waals surface area (Å²) >= 11 is 0. The van der Waals surface area contributed by atoms with Crippen molar-refractivity contribution in [2.24, 2.45) is 12.5 Å². The monoisotopic (exact) mass is 735 g/mol. The summed E-state index contributed by atoms with van der Waals surface area (Å²) in [5.74, 6) is 0.128. The van der Waals surface area contributed by atoms with Gasteiger partial charge < -0.3 is 14.4 Å². The van der Waals surface area contributed by atoms with Crippen LogP contribution >= 0.6 is 0 Å². The van der Waals surface area contributed by atoms with E-state index < -0.39 is 12.1 Å². The lowest BCUT2D eigenvalue weighted by molar-refractivity contribution is -0.151. The van der Waals surface area contributed by atoms with Gasteiger partial charge in [0.25, 0.3) is 5.91 Å². The van der Waals surface area contributed by atoms with Crippen molar-refractivity contribution in [2.75, 3.05) is 51.3 Å². The van der Waals surface area contributed by atoms with Crippen molar-refractivity contribution in [2.45, 2.75) is 63.8 Å². The van der Waals surface area contributed by atoms with Crippen molar-refractivity contribution in [1.82, 2.24) is 29.4 Å². The normalized spacial score (nSPS) is 21.0. The zero-order valence-electron chi connectivity index (χ0n) is 31.1. The minimum Gasteiger partial charge on any atom is -0.497 e. The van der Waals surface area contributed by atoms with Gasteiger partial charge in [-0.1, -0.05) is 48.5 Å². The number of methoxy groups -OCH3 is 1. The number of para-hydroxylation sites is 1. The molecule has 1 spiro atoms. The number of imidazole rings is 1. The van der Waals surface area contributed by atoms with Crippen LogP contribution < -0.4 is 20.8 Å². The maximum atomic E-state index is 13.9. The number of anilines is 1. The van der Waals surface area contributed by atoms with E-state index in [1.165, 1.54) is 4.90 Å². The number of nitrogens with zero attached hydrogens (tertiary/aromatic N) is 6. The molecule has 1 atom stereocenters. The number of hydrazine groups is 1. The van der Waals surface area contributed by atoms with E-state index in [1.807, 2.05) is 71.7 Å². The van der Waals surface area contributed by atoms with Gasteiger partial charge in [-0.05, 0) is 72.9 Å². The summed E-state index contributed by atoms with van der Waals surface area (Å²) in [7, 11) is 3.37. The zero-order valence-corrected chi connectivity index (χ0v) is 31.1. The largest absolute Gasteiger partial charge is 0.497 e. The van der Waals surface area contributed by atoms with Crippen LogP contribution in [0.5, 0.6) is 5.75 Å². The minimum atomic E-state index is -0.755. The van der Waals surface area contributed by atoms with Crippen molar-refractivity contribution >= 4 is 34.6 Å². The van der Waals surface area contributed by atoms with Gasteiger partial charge in [0.15, 0.2) is 0 Å². The highest BCUT2D eigenvalue weighted by molar-refractivity contribution is 6.00. The topological polar surface area (TPSA) is 122 Å². The molecule has 0 saturated carbocycles. The molecule has 1 unspecified atom stereocenters. The average molecular weight is 736 g/mol. The number of rotatable bonds is 9. The van der Waals surface area contributed by atoms with Crippen LogP contribution in [0.3, 0.4) is 0 Å². The molecule has 1 aromatic heterocycles. The second-order valence-corrected chi connectivity index (χ2v) is 15.4. The lowest BCUT2D eigenvalue weighted by atomic mass is 9.71. The van der Waals surface area contributed by atoms with Crippen molar-refractivity contribution in [1.29, 1.82) is 0 Å². The number of likely N-dealkylation sites (tertiary alicyclic amines) is 2. The molecular formula is C41H49N7O6. The highest BCUT2D eigenvalue weighted by atomic mass is 16.6. The Morgan fingerprint density at radius 2 is 1.57 bits per heavy atom. The zero-order chi connectivity index (χ0) is 37.4. The first-order chi connectivity index (χ1) is 26.2. The number of amides is 3. The molecule has 4 aromatic rings. The number of carbonyl (C=O) groups is 3. The summed E-state index contributed by atoms with van der Waals surface area (Å²) in [4.78, 5) is 59.4. The molecule has 0 radical (unpaired) electrons. The Hall–Kier alpha value is -5.14. The van der Waals surface area contributed by atoms with Crippen LogP contribution in [0.2, 0.25) is 0 Å². The van der Waals surface area contributed by atoms with Gasteiger partial charge in [0, 0.05) is 58.8 Å². The molecule has 4 saturated heterocycles. The lowest BCUT2D eigenvalue weighted by Gasteiger charge is -2.57. The third-order valence-corrected chi connectivity index (χ3v) is 12.1. The van der Waals surface area contributed by atoms with Crippen LogP contribution in [0.15, 0.2) is 77.6 Å². The van der Waals surface area contributed by atoms with E-state index in [2.05, 4.69) is 21.3 Å². The Bertz CT molecular complexity index is 2050. The molecule has 284 valence electrons. The van der Waals surface area contributed by atoms with Crippen LogP contribution in [-0.4, -0.2) is 94.3 Å². The van der Waals surface area contributed by atoms with Gasteiger partial charge in [0.05, 0.1) is 30.4 Å². The molecule has 5 heterocycles. The number of ether oxygens (including phenoxy) is 2. The fraction of sp³-hybridized carbons (Fsp3) is 0.463. The fourth-order valence-corrected chi connectivity index (χ4v) is 8.95. The van der Waals surface area contributed by atoms with Crippen LogP contribution in [0.25, 0.3) is 11.0 Å². The molecule has 1 N–H and O–H groups in total. The number of imide groups is 1. The molecule has 8 rings (SSSR count). The molecular weight excluding hydrogens is 686 g/mol. The number of fused-ring (bicyclic) bond motifs is 1. The summed E-state index contributed by atoms with van der Waals surface area (Å²) in [6, 6.07) is 22.7. The van der Waals surface area contributed by atoms with Gasteiger partial charge in [0.2, 0.25) is 5.91 Å². The van der Waals surface area contributed by atoms with E-state index >= 15 is 0 Å².